The van der Waals surface area contributed by atoms with Crippen LogP contribution < -0.4 is 20.3 Å². The van der Waals surface area contributed by atoms with Gasteiger partial charge in [-0.3, -0.25) is 14.2 Å². The lowest BCUT2D eigenvalue weighted by Crippen LogP contribution is -2.28. The van der Waals surface area contributed by atoms with Crippen molar-refractivity contribution in [2.24, 2.45) is 0 Å². The molecule has 2 aromatic carbocycles. The fraction of sp³-hybridized carbons (Fsp3) is 0.174. The van der Waals surface area contributed by atoms with Crippen molar-refractivity contribution in [2.75, 3.05) is 19.5 Å². The van der Waals surface area contributed by atoms with Crippen LogP contribution in [0.15, 0.2) is 58.1 Å². The molecule has 0 aliphatic rings. The molecule has 0 fully saturated rings. The maximum atomic E-state index is 13.3. The topological polar surface area (TPSA) is 82.5 Å². The van der Waals surface area contributed by atoms with Crippen LogP contribution in [0.3, 0.4) is 0 Å². The number of hydrogen-bond donors (Lipinski definition) is 1. The molecule has 4 rings (SSSR count). The van der Waals surface area contributed by atoms with Crippen LogP contribution in [0.2, 0.25) is 0 Å². The van der Waals surface area contributed by atoms with Gasteiger partial charge in [0.15, 0.2) is 0 Å². The minimum absolute atomic E-state index is 0.175. The van der Waals surface area contributed by atoms with Crippen molar-refractivity contribution < 1.29 is 14.3 Å². The van der Waals surface area contributed by atoms with Crippen molar-refractivity contribution in [2.45, 2.75) is 13.5 Å². The number of anilines is 1. The number of fused-ring (bicyclic) bond motifs is 1. The number of benzene rings is 2. The Kier molecular flexibility index (Phi) is 6.29. The second-order valence-corrected chi connectivity index (χ2v) is 9.13. The summed E-state index contributed by atoms with van der Waals surface area (Å²) < 4.78 is 12.8. The Bertz CT molecular complexity index is 1360. The third-order valence-corrected chi connectivity index (χ3v) is 6.53. The molecule has 0 unspecified atom stereocenters. The van der Waals surface area contributed by atoms with Gasteiger partial charge in [-0.2, -0.15) is 0 Å². The molecule has 164 valence electrons. The molecule has 0 atom stereocenters. The Morgan fingerprint density at radius 1 is 1.16 bits per heavy atom. The van der Waals surface area contributed by atoms with Crippen molar-refractivity contribution in [3.05, 3.63) is 68.5 Å². The molecule has 0 spiro atoms. The van der Waals surface area contributed by atoms with Gasteiger partial charge < -0.3 is 14.8 Å². The van der Waals surface area contributed by atoms with E-state index in [4.69, 9.17) is 9.47 Å². The van der Waals surface area contributed by atoms with E-state index in [9.17, 15) is 9.59 Å². The number of aryl methyl sites for hydroxylation is 1. The first-order valence-corrected chi connectivity index (χ1v) is 11.3. The van der Waals surface area contributed by atoms with Gasteiger partial charge in [0.05, 0.1) is 31.6 Å². The summed E-state index contributed by atoms with van der Waals surface area (Å²) in [4.78, 5) is 32.1. The monoisotopic (exact) mass is 513 g/mol. The van der Waals surface area contributed by atoms with E-state index in [1.807, 2.05) is 31.2 Å². The molecule has 0 aliphatic carbocycles. The molecule has 0 saturated carbocycles. The van der Waals surface area contributed by atoms with E-state index >= 15 is 0 Å². The van der Waals surface area contributed by atoms with Gasteiger partial charge in [-0.25, -0.2) is 4.98 Å². The molecule has 0 saturated heterocycles. The standard InChI is InChI=1S/C23H20BrN3O4S/c1-13-20(14-4-6-15(24)7-5-14)21-22(32-13)25-12-27(23(21)29)11-19(28)26-17-9-8-16(30-2)10-18(17)31-3/h4-10,12H,11H2,1-3H3,(H,26,28). The summed E-state index contributed by atoms with van der Waals surface area (Å²) in [6, 6.07) is 12.9. The summed E-state index contributed by atoms with van der Waals surface area (Å²) in [5.41, 5.74) is 2.01. The quantitative estimate of drug-likeness (QED) is 0.398. The highest BCUT2D eigenvalue weighted by molar-refractivity contribution is 9.10. The Morgan fingerprint density at radius 2 is 1.91 bits per heavy atom. The zero-order valence-electron chi connectivity index (χ0n) is 17.6. The summed E-state index contributed by atoms with van der Waals surface area (Å²) in [5.74, 6) is 0.706. The molecule has 1 amide bonds. The molecular weight excluding hydrogens is 494 g/mol. The maximum Gasteiger partial charge on any atom is 0.263 e. The predicted octanol–water partition coefficient (Wildman–Crippen LogP) is 4.85. The second-order valence-electron chi connectivity index (χ2n) is 7.01. The molecule has 1 N–H and O–H groups in total. The number of ether oxygens (including phenoxy) is 2. The Balaban J connectivity index is 1.66. The summed E-state index contributed by atoms with van der Waals surface area (Å²) in [7, 11) is 3.06. The molecule has 2 heterocycles. The number of hydrogen-bond acceptors (Lipinski definition) is 6. The van der Waals surface area contributed by atoms with E-state index in [0.717, 1.165) is 20.5 Å². The third-order valence-electron chi connectivity index (χ3n) is 4.98. The van der Waals surface area contributed by atoms with Crippen molar-refractivity contribution in [1.29, 1.82) is 0 Å². The first-order valence-electron chi connectivity index (χ1n) is 9.67. The van der Waals surface area contributed by atoms with Crippen LogP contribution >= 0.6 is 27.3 Å². The highest BCUT2D eigenvalue weighted by Crippen LogP contribution is 2.36. The van der Waals surface area contributed by atoms with E-state index in [0.29, 0.717) is 27.4 Å². The van der Waals surface area contributed by atoms with E-state index in [1.165, 1.54) is 29.3 Å². The number of nitrogens with zero attached hydrogens (tertiary/aromatic N) is 2. The molecule has 4 aromatic rings. The summed E-state index contributed by atoms with van der Waals surface area (Å²) in [6.45, 7) is 1.79. The Hall–Kier alpha value is -3.17. The first kappa shape index (κ1) is 22.0. The molecule has 32 heavy (non-hydrogen) atoms. The van der Waals surface area contributed by atoms with E-state index in [1.54, 1.807) is 25.3 Å². The zero-order chi connectivity index (χ0) is 22.8. The lowest BCUT2D eigenvalue weighted by atomic mass is 10.0. The first-order chi connectivity index (χ1) is 15.4. The minimum atomic E-state index is -0.367. The molecule has 0 aliphatic heterocycles. The predicted molar refractivity (Wildman–Crippen MR) is 130 cm³/mol. The molecular formula is C23H20BrN3O4S. The van der Waals surface area contributed by atoms with E-state index in [-0.39, 0.29) is 18.0 Å². The van der Waals surface area contributed by atoms with Crippen LogP contribution in [0, 0.1) is 6.92 Å². The number of thiophene rings is 1. The van der Waals surface area contributed by atoms with Crippen molar-refractivity contribution in [3.63, 3.8) is 0 Å². The number of amides is 1. The number of aromatic nitrogens is 2. The van der Waals surface area contributed by atoms with E-state index in [2.05, 4.69) is 26.2 Å². The SMILES string of the molecule is COc1ccc(NC(=O)Cn2cnc3sc(C)c(-c4ccc(Br)cc4)c3c2=O)c(OC)c1. The third kappa shape index (κ3) is 4.26. The lowest BCUT2D eigenvalue weighted by molar-refractivity contribution is -0.116. The number of carbonyl (C=O) groups excluding carboxylic acids is 1. The van der Waals surface area contributed by atoms with Crippen LogP contribution in [0.4, 0.5) is 5.69 Å². The van der Waals surface area contributed by atoms with Crippen molar-refractivity contribution >= 4 is 49.1 Å². The number of carbonyl (C=O) groups is 1. The van der Waals surface area contributed by atoms with Crippen LogP contribution in [-0.2, 0) is 11.3 Å². The number of methoxy groups -OCH3 is 2. The van der Waals surface area contributed by atoms with Gasteiger partial charge in [-0.15, -0.1) is 11.3 Å². The van der Waals surface area contributed by atoms with Crippen LogP contribution in [-0.4, -0.2) is 29.7 Å². The molecule has 9 heteroatoms. The van der Waals surface area contributed by atoms with Crippen LogP contribution in [0.25, 0.3) is 21.3 Å². The average Bonchev–Trinajstić information content (AvgIpc) is 3.13. The zero-order valence-corrected chi connectivity index (χ0v) is 20.0. The smallest absolute Gasteiger partial charge is 0.263 e. The lowest BCUT2D eigenvalue weighted by Gasteiger charge is -2.12. The Morgan fingerprint density at radius 3 is 2.59 bits per heavy atom. The van der Waals surface area contributed by atoms with Crippen LogP contribution in [0.5, 0.6) is 11.5 Å². The van der Waals surface area contributed by atoms with Crippen molar-refractivity contribution in [3.8, 4) is 22.6 Å². The highest BCUT2D eigenvalue weighted by Gasteiger charge is 2.18. The fourth-order valence-electron chi connectivity index (χ4n) is 3.46. The van der Waals surface area contributed by atoms with E-state index < -0.39 is 0 Å². The van der Waals surface area contributed by atoms with Gasteiger partial charge in [0.2, 0.25) is 5.91 Å². The van der Waals surface area contributed by atoms with Gasteiger partial charge in [0.1, 0.15) is 22.9 Å². The van der Waals surface area contributed by atoms with Crippen molar-refractivity contribution in [1.82, 2.24) is 9.55 Å². The maximum absolute atomic E-state index is 13.3. The minimum Gasteiger partial charge on any atom is -0.497 e. The normalized spacial score (nSPS) is 10.9. The van der Waals surface area contributed by atoms with Gasteiger partial charge >= 0.3 is 0 Å². The Labute approximate surface area is 196 Å². The molecule has 0 bridgehead atoms. The summed E-state index contributed by atoms with van der Waals surface area (Å²) in [6.07, 6.45) is 1.41. The number of rotatable bonds is 6. The summed E-state index contributed by atoms with van der Waals surface area (Å²) >= 11 is 4.91. The van der Waals surface area contributed by atoms with Gasteiger partial charge in [0.25, 0.3) is 5.56 Å². The highest BCUT2D eigenvalue weighted by atomic mass is 79.9. The van der Waals surface area contributed by atoms with Gasteiger partial charge in [0, 0.05) is 21.0 Å². The number of nitrogens with one attached hydrogen (secondary N) is 1. The average molecular weight is 514 g/mol. The summed E-state index contributed by atoms with van der Waals surface area (Å²) in [5, 5.41) is 3.31. The van der Waals surface area contributed by atoms with Gasteiger partial charge in [-0.05, 0) is 36.8 Å². The van der Waals surface area contributed by atoms with Crippen LogP contribution in [0.1, 0.15) is 4.88 Å². The molecule has 7 nitrogen and oxygen atoms in total. The largest absolute Gasteiger partial charge is 0.497 e. The second kappa shape index (κ2) is 9.13. The van der Waals surface area contributed by atoms with Gasteiger partial charge in [-0.1, -0.05) is 28.1 Å². The molecule has 2 aromatic heterocycles. The fourth-order valence-corrected chi connectivity index (χ4v) is 4.73. The number of halogens is 1. The molecule has 0 radical (unpaired) electrons.